The quantitative estimate of drug-likeness (QED) is 0.405. The van der Waals surface area contributed by atoms with Gasteiger partial charge in [-0.3, -0.25) is 19.5 Å². The number of nitrogens with one attached hydrogen (secondary N) is 1. The molecule has 10 heteroatoms. The average molecular weight is 491 g/mol. The molecule has 2 amide bonds. The van der Waals surface area contributed by atoms with E-state index < -0.39 is 15.9 Å². The summed E-state index contributed by atoms with van der Waals surface area (Å²) in [5.74, 6) is 0.922. The zero-order valence-electron chi connectivity index (χ0n) is 19.1. The van der Waals surface area contributed by atoms with Gasteiger partial charge in [-0.15, -0.1) is 0 Å². The predicted octanol–water partition coefficient (Wildman–Crippen LogP) is 4.03. The number of amides is 2. The van der Waals surface area contributed by atoms with Crippen LogP contribution in [0.3, 0.4) is 0 Å². The standard InChI is InChI=1S/C25H22N4O5S/c1-15(29-23(30)10-11-24(29)31)18-13-20-21(28-25(27-20)19-5-3-4-12-26-19)14-22(18)34-16-6-8-17(9-7-16)35(2,32)33/h3-9,12-15H,10-11H2,1-2H3,(H,27,28). The molecule has 0 spiro atoms. The van der Waals surface area contributed by atoms with E-state index in [1.165, 1.54) is 17.0 Å². The number of imide groups is 1. The maximum absolute atomic E-state index is 12.4. The Morgan fingerprint density at radius 1 is 1.03 bits per heavy atom. The summed E-state index contributed by atoms with van der Waals surface area (Å²) >= 11 is 0. The Labute approximate surface area is 201 Å². The van der Waals surface area contributed by atoms with Gasteiger partial charge < -0.3 is 9.72 Å². The molecule has 35 heavy (non-hydrogen) atoms. The minimum atomic E-state index is -3.35. The van der Waals surface area contributed by atoms with Crippen molar-refractivity contribution in [3.05, 3.63) is 66.4 Å². The van der Waals surface area contributed by atoms with Crippen LogP contribution in [0.15, 0.2) is 65.7 Å². The van der Waals surface area contributed by atoms with E-state index in [0.717, 1.165) is 6.26 Å². The Bertz CT molecular complexity index is 1530. The number of carbonyl (C=O) groups excluding carboxylic acids is 2. The van der Waals surface area contributed by atoms with Crippen molar-refractivity contribution in [2.45, 2.75) is 30.7 Å². The van der Waals surface area contributed by atoms with E-state index in [1.807, 2.05) is 24.3 Å². The molecule has 4 aromatic rings. The molecule has 1 atom stereocenters. The van der Waals surface area contributed by atoms with Crippen LogP contribution in [0.25, 0.3) is 22.6 Å². The fraction of sp³-hybridized carbons (Fsp3) is 0.200. The Morgan fingerprint density at radius 3 is 2.37 bits per heavy atom. The van der Waals surface area contributed by atoms with Crippen molar-refractivity contribution in [3.63, 3.8) is 0 Å². The number of aromatic amines is 1. The lowest BCUT2D eigenvalue weighted by Gasteiger charge is -2.25. The number of hydrogen-bond acceptors (Lipinski definition) is 7. The number of likely N-dealkylation sites (tertiary alicyclic amines) is 1. The van der Waals surface area contributed by atoms with Crippen molar-refractivity contribution in [1.29, 1.82) is 0 Å². The van der Waals surface area contributed by atoms with Crippen LogP contribution in [-0.2, 0) is 19.4 Å². The van der Waals surface area contributed by atoms with E-state index in [2.05, 4.69) is 15.0 Å². The summed E-state index contributed by atoms with van der Waals surface area (Å²) in [6.45, 7) is 1.78. The highest BCUT2D eigenvalue weighted by Gasteiger charge is 2.35. The second-order valence-electron chi connectivity index (χ2n) is 8.39. The molecule has 2 aromatic heterocycles. The molecule has 0 saturated carbocycles. The van der Waals surface area contributed by atoms with E-state index in [0.29, 0.717) is 39.6 Å². The maximum atomic E-state index is 12.4. The van der Waals surface area contributed by atoms with Gasteiger partial charge in [0, 0.05) is 36.9 Å². The molecule has 0 aliphatic carbocycles. The van der Waals surface area contributed by atoms with Crippen LogP contribution >= 0.6 is 0 Å². The van der Waals surface area contributed by atoms with Gasteiger partial charge in [0.2, 0.25) is 11.8 Å². The number of hydrogen-bond donors (Lipinski definition) is 1. The lowest BCUT2D eigenvalue weighted by atomic mass is 10.0. The van der Waals surface area contributed by atoms with Gasteiger partial charge in [-0.1, -0.05) is 6.07 Å². The Morgan fingerprint density at radius 2 is 1.74 bits per heavy atom. The fourth-order valence-corrected chi connectivity index (χ4v) is 4.77. The smallest absolute Gasteiger partial charge is 0.230 e. The average Bonchev–Trinajstić information content (AvgIpc) is 3.40. The molecule has 3 heterocycles. The van der Waals surface area contributed by atoms with Crippen LogP contribution < -0.4 is 4.74 Å². The van der Waals surface area contributed by atoms with Crippen LogP contribution in [-0.4, -0.2) is 46.3 Å². The summed E-state index contributed by atoms with van der Waals surface area (Å²) in [7, 11) is -3.35. The highest BCUT2D eigenvalue weighted by molar-refractivity contribution is 7.90. The molecule has 1 aliphatic rings. The predicted molar refractivity (Wildman–Crippen MR) is 128 cm³/mol. The molecular formula is C25H22N4O5S. The summed E-state index contributed by atoms with van der Waals surface area (Å²) < 4.78 is 29.7. The third kappa shape index (κ3) is 4.40. The van der Waals surface area contributed by atoms with Gasteiger partial charge in [-0.05, 0) is 49.4 Å². The van der Waals surface area contributed by atoms with Crippen molar-refractivity contribution >= 4 is 32.7 Å². The van der Waals surface area contributed by atoms with Crippen LogP contribution in [0.5, 0.6) is 11.5 Å². The molecular weight excluding hydrogens is 468 g/mol. The normalized spacial score (nSPS) is 15.1. The van der Waals surface area contributed by atoms with E-state index in [4.69, 9.17) is 4.74 Å². The SMILES string of the molecule is CC(c1cc2[nH]c(-c3ccccn3)nc2cc1Oc1ccc(S(C)(=O)=O)cc1)N1C(=O)CCC1=O. The van der Waals surface area contributed by atoms with Gasteiger partial charge in [-0.25, -0.2) is 13.4 Å². The molecule has 1 saturated heterocycles. The summed E-state index contributed by atoms with van der Waals surface area (Å²) in [5.41, 5.74) is 2.60. The number of ether oxygens (including phenoxy) is 1. The third-order valence-electron chi connectivity index (χ3n) is 5.93. The van der Waals surface area contributed by atoms with Crippen molar-refractivity contribution in [3.8, 4) is 23.0 Å². The largest absolute Gasteiger partial charge is 0.457 e. The first-order chi connectivity index (χ1) is 16.7. The van der Waals surface area contributed by atoms with Crippen molar-refractivity contribution in [2.75, 3.05) is 6.26 Å². The number of rotatable bonds is 6. The minimum absolute atomic E-state index is 0.175. The zero-order chi connectivity index (χ0) is 24.7. The van der Waals surface area contributed by atoms with Gasteiger partial charge in [0.25, 0.3) is 0 Å². The summed E-state index contributed by atoms with van der Waals surface area (Å²) in [6, 6.07) is 14.5. The van der Waals surface area contributed by atoms with Crippen LogP contribution in [0.1, 0.15) is 31.4 Å². The number of sulfone groups is 1. The fourth-order valence-electron chi connectivity index (χ4n) is 4.14. The summed E-state index contributed by atoms with van der Waals surface area (Å²) in [6.07, 6.45) is 3.18. The first-order valence-electron chi connectivity index (χ1n) is 11.0. The molecule has 1 unspecified atom stereocenters. The van der Waals surface area contributed by atoms with E-state index in [-0.39, 0.29) is 29.6 Å². The number of H-pyrrole nitrogens is 1. The minimum Gasteiger partial charge on any atom is -0.457 e. The molecule has 1 N–H and O–H groups in total. The highest BCUT2D eigenvalue weighted by Crippen LogP contribution is 2.38. The van der Waals surface area contributed by atoms with E-state index in [1.54, 1.807) is 31.3 Å². The van der Waals surface area contributed by atoms with E-state index in [9.17, 15) is 18.0 Å². The first-order valence-corrected chi connectivity index (χ1v) is 12.9. The lowest BCUT2D eigenvalue weighted by molar-refractivity contribution is -0.140. The summed E-state index contributed by atoms with van der Waals surface area (Å²) in [4.78, 5) is 38.5. The van der Waals surface area contributed by atoms with Crippen molar-refractivity contribution < 1.29 is 22.7 Å². The van der Waals surface area contributed by atoms with Crippen LogP contribution in [0.4, 0.5) is 0 Å². The molecule has 0 bridgehead atoms. The Hall–Kier alpha value is -4.05. The number of imidazole rings is 1. The van der Waals surface area contributed by atoms with Crippen molar-refractivity contribution in [2.24, 2.45) is 0 Å². The molecule has 9 nitrogen and oxygen atoms in total. The van der Waals surface area contributed by atoms with E-state index >= 15 is 0 Å². The van der Waals surface area contributed by atoms with Gasteiger partial charge in [-0.2, -0.15) is 0 Å². The number of aromatic nitrogens is 3. The second kappa shape index (κ2) is 8.62. The van der Waals surface area contributed by atoms with Gasteiger partial charge in [0.1, 0.15) is 17.2 Å². The zero-order valence-corrected chi connectivity index (χ0v) is 19.9. The third-order valence-corrected chi connectivity index (χ3v) is 7.06. The van der Waals surface area contributed by atoms with Gasteiger partial charge >= 0.3 is 0 Å². The van der Waals surface area contributed by atoms with Crippen LogP contribution in [0, 0.1) is 0 Å². The maximum Gasteiger partial charge on any atom is 0.230 e. The molecule has 5 rings (SSSR count). The van der Waals surface area contributed by atoms with Gasteiger partial charge in [0.15, 0.2) is 15.7 Å². The van der Waals surface area contributed by atoms with Crippen LogP contribution in [0.2, 0.25) is 0 Å². The number of benzene rings is 2. The number of pyridine rings is 1. The Kier molecular flexibility index (Phi) is 5.60. The number of fused-ring (bicyclic) bond motifs is 1. The molecule has 178 valence electrons. The summed E-state index contributed by atoms with van der Waals surface area (Å²) in [5, 5.41) is 0. The Balaban J connectivity index is 1.59. The number of nitrogens with zero attached hydrogens (tertiary/aromatic N) is 3. The first kappa shape index (κ1) is 22.7. The second-order valence-corrected chi connectivity index (χ2v) is 10.4. The van der Waals surface area contributed by atoms with Gasteiger partial charge in [0.05, 0.1) is 22.0 Å². The molecule has 1 aliphatic heterocycles. The highest BCUT2D eigenvalue weighted by atomic mass is 32.2. The monoisotopic (exact) mass is 490 g/mol. The topological polar surface area (TPSA) is 122 Å². The van der Waals surface area contributed by atoms with Crippen molar-refractivity contribution in [1.82, 2.24) is 19.9 Å². The lowest BCUT2D eigenvalue weighted by Crippen LogP contribution is -2.32. The number of carbonyl (C=O) groups is 2. The molecule has 0 radical (unpaired) electrons. The molecule has 1 fully saturated rings. The molecule has 2 aromatic carbocycles.